The van der Waals surface area contributed by atoms with Gasteiger partial charge in [-0.2, -0.15) is 0 Å². The van der Waals surface area contributed by atoms with E-state index in [1.54, 1.807) is 0 Å². The van der Waals surface area contributed by atoms with Gasteiger partial charge in [0, 0.05) is 25.8 Å². The third-order valence-corrected chi connectivity index (χ3v) is 4.76. The minimum absolute atomic E-state index is 0.0828. The fourth-order valence-electron chi connectivity index (χ4n) is 3.13. The van der Waals surface area contributed by atoms with Crippen LogP contribution in [0.5, 0.6) is 0 Å². The summed E-state index contributed by atoms with van der Waals surface area (Å²) in [6.45, 7) is 6.11. The van der Waals surface area contributed by atoms with Crippen LogP contribution in [0.2, 0.25) is 0 Å². The van der Waals surface area contributed by atoms with Crippen LogP contribution in [0.3, 0.4) is 0 Å². The van der Waals surface area contributed by atoms with E-state index < -0.39 is 12.0 Å². The molecule has 1 aromatic rings. The van der Waals surface area contributed by atoms with E-state index in [1.165, 1.54) is 11.1 Å². The minimum atomic E-state index is -0.922. The Morgan fingerprint density at radius 1 is 1.36 bits per heavy atom. The molecule has 1 aromatic heterocycles. The number of carboxylic acid groups (broad SMARTS) is 1. The summed E-state index contributed by atoms with van der Waals surface area (Å²) in [7, 11) is 2.08. The van der Waals surface area contributed by atoms with E-state index in [2.05, 4.69) is 31.1 Å². The van der Waals surface area contributed by atoms with E-state index in [0.29, 0.717) is 17.0 Å². The number of nitrogens with one attached hydrogen (secondary N) is 1. The molecule has 138 valence electrons. The molecule has 25 heavy (non-hydrogen) atoms. The van der Waals surface area contributed by atoms with Crippen LogP contribution < -0.4 is 5.32 Å². The van der Waals surface area contributed by atoms with E-state index in [1.807, 2.05) is 16.8 Å². The lowest BCUT2D eigenvalue weighted by Crippen LogP contribution is -2.35. The first-order valence-corrected chi connectivity index (χ1v) is 9.10. The van der Waals surface area contributed by atoms with E-state index >= 15 is 0 Å². The van der Waals surface area contributed by atoms with E-state index in [4.69, 9.17) is 17.3 Å². The molecular weight excluding hydrogens is 338 g/mol. The minimum Gasteiger partial charge on any atom is -0.481 e. The average molecular weight is 365 g/mol. The summed E-state index contributed by atoms with van der Waals surface area (Å²) in [4.78, 5) is 25.6. The van der Waals surface area contributed by atoms with Gasteiger partial charge in [-0.25, -0.2) is 0 Å². The zero-order chi connectivity index (χ0) is 18.6. The molecule has 1 aliphatic rings. The van der Waals surface area contributed by atoms with Crippen molar-refractivity contribution >= 4 is 24.1 Å². The number of hydrogen-bond donors (Lipinski definition) is 2. The number of pyridine rings is 1. The number of likely N-dealkylation sites (N-methyl/N-ethyl adjacent to an activating group) is 1. The topological polar surface area (TPSA) is 74.6 Å². The zero-order valence-corrected chi connectivity index (χ0v) is 15.9. The predicted molar refractivity (Wildman–Crippen MR) is 99.1 cm³/mol. The zero-order valence-electron chi connectivity index (χ0n) is 15.1. The van der Waals surface area contributed by atoms with Gasteiger partial charge in [0.25, 0.3) is 0 Å². The molecule has 0 aromatic carbocycles. The number of rotatable bonds is 7. The van der Waals surface area contributed by atoms with Crippen molar-refractivity contribution in [3.63, 3.8) is 0 Å². The Morgan fingerprint density at radius 2 is 2.08 bits per heavy atom. The summed E-state index contributed by atoms with van der Waals surface area (Å²) in [5.41, 5.74) is 2.46. The van der Waals surface area contributed by atoms with Crippen molar-refractivity contribution in [2.45, 2.75) is 45.7 Å². The summed E-state index contributed by atoms with van der Waals surface area (Å²) in [6.07, 6.45) is 3.55. The molecule has 0 fully saturated rings. The average Bonchev–Trinajstić information content (AvgIpc) is 2.52. The van der Waals surface area contributed by atoms with Gasteiger partial charge in [-0.1, -0.05) is 26.1 Å². The summed E-state index contributed by atoms with van der Waals surface area (Å²) >= 11 is 5.54. The smallest absolute Gasteiger partial charge is 0.305 e. The van der Waals surface area contributed by atoms with Gasteiger partial charge in [0.1, 0.15) is 10.7 Å². The van der Waals surface area contributed by atoms with Crippen molar-refractivity contribution in [1.29, 1.82) is 0 Å². The Hall–Kier alpha value is -1.73. The molecular formula is C18H27N3O3S. The maximum absolute atomic E-state index is 12.7. The quantitative estimate of drug-likeness (QED) is 0.726. The number of carbonyl (C=O) groups is 2. The Bertz CT molecular complexity index is 699. The highest BCUT2D eigenvalue weighted by atomic mass is 32.1. The second-order valence-electron chi connectivity index (χ2n) is 7.14. The Balaban J connectivity index is 2.27. The van der Waals surface area contributed by atoms with E-state index in [-0.39, 0.29) is 18.9 Å². The second-order valence-corrected chi connectivity index (χ2v) is 7.56. The molecule has 1 amide bonds. The molecule has 0 saturated heterocycles. The van der Waals surface area contributed by atoms with Crippen LogP contribution in [0.4, 0.5) is 0 Å². The van der Waals surface area contributed by atoms with Gasteiger partial charge < -0.3 is 19.9 Å². The number of aromatic nitrogens is 1. The molecule has 6 nitrogen and oxygen atoms in total. The van der Waals surface area contributed by atoms with Gasteiger partial charge in [0.15, 0.2) is 0 Å². The van der Waals surface area contributed by atoms with Gasteiger partial charge >= 0.3 is 5.97 Å². The van der Waals surface area contributed by atoms with Gasteiger partial charge in [0.2, 0.25) is 5.91 Å². The van der Waals surface area contributed by atoms with Crippen molar-refractivity contribution in [1.82, 2.24) is 14.8 Å². The molecule has 2 rings (SSSR count). The third-order valence-electron chi connectivity index (χ3n) is 4.43. The molecule has 1 atom stereocenters. The summed E-state index contributed by atoms with van der Waals surface area (Å²) in [5, 5.41) is 11.5. The van der Waals surface area contributed by atoms with Crippen molar-refractivity contribution in [2.75, 3.05) is 20.1 Å². The van der Waals surface area contributed by atoms with Gasteiger partial charge in [0.05, 0.1) is 6.42 Å². The standard InChI is InChI=1S/C18H27N3O3S/c1-12(2)8-15(18(24)19-6-4-17(22)23)21-11-14-10-20(3)7-5-13(14)9-16(21)25/h9,11-12,15H,4-8,10H2,1-3H3,(H,19,24)(H,22,23). The molecule has 1 unspecified atom stereocenters. The van der Waals surface area contributed by atoms with Crippen molar-refractivity contribution in [2.24, 2.45) is 5.92 Å². The number of hydrogen-bond acceptors (Lipinski definition) is 4. The summed E-state index contributed by atoms with van der Waals surface area (Å²) in [5.74, 6) is -0.778. The lowest BCUT2D eigenvalue weighted by molar-refractivity contribution is -0.137. The predicted octanol–water partition coefficient (Wildman–Crippen LogP) is 2.38. The van der Waals surface area contributed by atoms with Crippen molar-refractivity contribution in [3.8, 4) is 0 Å². The molecule has 0 bridgehead atoms. The summed E-state index contributed by atoms with van der Waals surface area (Å²) < 4.78 is 2.53. The largest absolute Gasteiger partial charge is 0.481 e. The first-order chi connectivity index (χ1) is 11.8. The van der Waals surface area contributed by atoms with Crippen LogP contribution in [0.15, 0.2) is 12.3 Å². The third kappa shape index (κ3) is 5.37. The molecule has 0 saturated carbocycles. The monoisotopic (exact) mass is 365 g/mol. The molecule has 0 aliphatic carbocycles. The molecule has 0 radical (unpaired) electrons. The highest BCUT2D eigenvalue weighted by Gasteiger charge is 2.24. The fraction of sp³-hybridized carbons (Fsp3) is 0.611. The summed E-state index contributed by atoms with van der Waals surface area (Å²) in [6, 6.07) is 1.59. The highest BCUT2D eigenvalue weighted by molar-refractivity contribution is 7.71. The number of carbonyl (C=O) groups excluding carboxylic acids is 1. The molecule has 1 aliphatic heterocycles. The van der Waals surface area contributed by atoms with Gasteiger partial charge in [-0.15, -0.1) is 0 Å². The normalized spacial score (nSPS) is 15.7. The number of amides is 1. The molecule has 2 heterocycles. The number of fused-ring (bicyclic) bond motifs is 1. The Labute approximate surface area is 153 Å². The molecule has 0 spiro atoms. The van der Waals surface area contributed by atoms with Crippen LogP contribution >= 0.6 is 12.2 Å². The van der Waals surface area contributed by atoms with Gasteiger partial charge in [-0.3, -0.25) is 9.59 Å². The van der Waals surface area contributed by atoms with Crippen LogP contribution in [-0.2, 0) is 22.6 Å². The number of carboxylic acids is 1. The first kappa shape index (κ1) is 19.6. The van der Waals surface area contributed by atoms with Crippen LogP contribution in [0, 0.1) is 10.6 Å². The number of nitrogens with zero attached hydrogens (tertiary/aromatic N) is 2. The lowest BCUT2D eigenvalue weighted by atomic mass is 9.99. The fourth-order valence-corrected chi connectivity index (χ4v) is 3.46. The molecule has 2 N–H and O–H groups in total. The van der Waals surface area contributed by atoms with Gasteiger partial charge in [-0.05, 0) is 43.0 Å². The first-order valence-electron chi connectivity index (χ1n) is 8.70. The number of aliphatic carboxylic acids is 1. The Morgan fingerprint density at radius 3 is 2.72 bits per heavy atom. The maximum atomic E-state index is 12.7. The Kier molecular flexibility index (Phi) is 6.72. The highest BCUT2D eigenvalue weighted by Crippen LogP contribution is 2.24. The van der Waals surface area contributed by atoms with E-state index in [0.717, 1.165) is 19.5 Å². The lowest BCUT2D eigenvalue weighted by Gasteiger charge is -2.28. The van der Waals surface area contributed by atoms with Crippen LogP contribution in [0.25, 0.3) is 0 Å². The van der Waals surface area contributed by atoms with Crippen molar-refractivity contribution in [3.05, 3.63) is 28.0 Å². The van der Waals surface area contributed by atoms with Crippen molar-refractivity contribution < 1.29 is 14.7 Å². The van der Waals surface area contributed by atoms with Crippen LogP contribution in [-0.4, -0.2) is 46.6 Å². The molecule has 7 heteroatoms. The maximum Gasteiger partial charge on any atom is 0.305 e. The van der Waals surface area contributed by atoms with Crippen LogP contribution in [0.1, 0.15) is 43.9 Å². The SMILES string of the molecule is CC(C)CC(C(=O)NCCC(=O)O)n1cc2c(cc1=S)CCN(C)C2. The second kappa shape index (κ2) is 8.58. The van der Waals surface area contributed by atoms with E-state index in [9.17, 15) is 9.59 Å².